The molecule has 0 radical (unpaired) electrons. The third kappa shape index (κ3) is 13.5. The van der Waals surface area contributed by atoms with Crippen molar-refractivity contribution in [1.82, 2.24) is 0 Å². The maximum atomic E-state index is 5.85. The summed E-state index contributed by atoms with van der Waals surface area (Å²) in [6.45, 7) is 7.62. The topological polar surface area (TPSA) is 9.23 Å². The highest BCUT2D eigenvalue weighted by Gasteiger charge is 1.98. The molecule has 1 nitrogen and oxygen atoms in total. The number of aryl methyl sites for hydroxylation is 1. The lowest BCUT2D eigenvalue weighted by Gasteiger charge is -2.07. The Kier molecular flexibility index (Phi) is 15.0. The van der Waals surface area contributed by atoms with Gasteiger partial charge in [0.15, 0.2) is 0 Å². The van der Waals surface area contributed by atoms with Gasteiger partial charge in [-0.2, -0.15) is 0 Å². The van der Waals surface area contributed by atoms with Crippen molar-refractivity contribution in [2.45, 2.75) is 111 Å². The van der Waals surface area contributed by atoms with Crippen LogP contribution in [-0.4, -0.2) is 6.61 Å². The van der Waals surface area contributed by atoms with Gasteiger partial charge in [0.25, 0.3) is 0 Å². The fourth-order valence-electron chi connectivity index (χ4n) is 4.19. The molecule has 2 aromatic rings. The van der Waals surface area contributed by atoms with Gasteiger partial charge in [-0.3, -0.25) is 0 Å². The average Bonchev–Trinajstić information content (AvgIpc) is 2.85. The fraction of sp³-hybridized carbons (Fsp3) is 0.576. The molecule has 0 saturated heterocycles. The highest BCUT2D eigenvalue weighted by atomic mass is 16.5. The van der Waals surface area contributed by atoms with Gasteiger partial charge in [0.2, 0.25) is 0 Å². The van der Waals surface area contributed by atoms with Gasteiger partial charge in [-0.15, -0.1) is 0 Å². The molecule has 0 spiro atoms. The largest absolute Gasteiger partial charge is 0.494 e. The molecule has 0 atom stereocenters. The van der Waals surface area contributed by atoms with Crippen LogP contribution in [0.25, 0.3) is 0 Å². The van der Waals surface area contributed by atoms with Gasteiger partial charge in [0.1, 0.15) is 5.75 Å². The van der Waals surface area contributed by atoms with E-state index in [1.54, 1.807) is 0 Å². The SMILES string of the molecule is CCCCCCCCCCCCc1ccc(C#Cc2ccc(OCCCCC(C)C)cc2)cc1. The van der Waals surface area contributed by atoms with Crippen LogP contribution in [0.2, 0.25) is 0 Å². The lowest BCUT2D eigenvalue weighted by atomic mass is 10.0. The third-order valence-electron chi connectivity index (χ3n) is 6.42. The molecule has 0 aromatic heterocycles. The predicted octanol–water partition coefficient (Wildman–Crippen LogP) is 9.75. The summed E-state index contributed by atoms with van der Waals surface area (Å²) in [5.41, 5.74) is 3.54. The minimum Gasteiger partial charge on any atom is -0.494 e. The zero-order valence-corrected chi connectivity index (χ0v) is 22.2. The van der Waals surface area contributed by atoms with Crippen LogP contribution in [0.1, 0.15) is 121 Å². The van der Waals surface area contributed by atoms with Crippen molar-refractivity contribution in [1.29, 1.82) is 0 Å². The maximum Gasteiger partial charge on any atom is 0.119 e. The molecule has 1 heteroatoms. The van der Waals surface area contributed by atoms with Crippen LogP contribution in [0.15, 0.2) is 48.5 Å². The van der Waals surface area contributed by atoms with E-state index in [0.717, 1.165) is 35.8 Å². The Hall–Kier alpha value is -2.20. The molecule has 0 amide bonds. The first-order chi connectivity index (χ1) is 16.7. The summed E-state index contributed by atoms with van der Waals surface area (Å²) >= 11 is 0. The number of hydrogen-bond donors (Lipinski definition) is 0. The zero-order chi connectivity index (χ0) is 24.3. The van der Waals surface area contributed by atoms with E-state index in [2.05, 4.69) is 69.0 Å². The molecule has 0 N–H and O–H groups in total. The molecule has 0 bridgehead atoms. The van der Waals surface area contributed by atoms with Gasteiger partial charge >= 0.3 is 0 Å². The Bertz CT molecular complexity index is 804. The van der Waals surface area contributed by atoms with Gasteiger partial charge in [-0.25, -0.2) is 0 Å². The van der Waals surface area contributed by atoms with Crippen LogP contribution in [-0.2, 0) is 6.42 Å². The zero-order valence-electron chi connectivity index (χ0n) is 22.2. The van der Waals surface area contributed by atoms with Gasteiger partial charge < -0.3 is 4.74 Å². The number of benzene rings is 2. The van der Waals surface area contributed by atoms with Gasteiger partial charge in [0, 0.05) is 11.1 Å². The monoisotopic (exact) mass is 460 g/mol. The van der Waals surface area contributed by atoms with E-state index in [9.17, 15) is 0 Å². The summed E-state index contributed by atoms with van der Waals surface area (Å²) in [7, 11) is 0. The van der Waals surface area contributed by atoms with E-state index in [4.69, 9.17) is 4.74 Å². The summed E-state index contributed by atoms with van der Waals surface area (Å²) < 4.78 is 5.85. The molecule has 2 rings (SSSR count). The smallest absolute Gasteiger partial charge is 0.119 e. The molecule has 0 saturated carbocycles. The number of rotatable bonds is 17. The summed E-state index contributed by atoms with van der Waals surface area (Å²) in [4.78, 5) is 0. The van der Waals surface area contributed by atoms with E-state index in [1.807, 2.05) is 12.1 Å². The lowest BCUT2D eigenvalue weighted by Crippen LogP contribution is -1.98. The molecule has 34 heavy (non-hydrogen) atoms. The molecular weight excluding hydrogens is 412 g/mol. The summed E-state index contributed by atoms with van der Waals surface area (Å²) in [6, 6.07) is 17.0. The number of unbranched alkanes of at least 4 members (excludes halogenated alkanes) is 10. The van der Waals surface area contributed by atoms with Gasteiger partial charge in [-0.1, -0.05) is 109 Å². The summed E-state index contributed by atoms with van der Waals surface area (Å²) in [6.07, 6.45) is 18.7. The van der Waals surface area contributed by atoms with Crippen LogP contribution in [0.4, 0.5) is 0 Å². The lowest BCUT2D eigenvalue weighted by molar-refractivity contribution is 0.301. The van der Waals surface area contributed by atoms with Crippen LogP contribution < -0.4 is 4.74 Å². The molecule has 186 valence electrons. The fourth-order valence-corrected chi connectivity index (χ4v) is 4.19. The first kappa shape index (κ1) is 28.0. The standard InChI is InChI=1S/C33H48O/c1-4-5-6-7-8-9-10-11-12-13-17-30-18-20-31(21-19-30)22-23-32-24-26-33(27-25-32)34-28-15-14-16-29(2)3/h18-21,24-27,29H,4-17,28H2,1-3H3. The Morgan fingerprint density at radius 2 is 1.15 bits per heavy atom. The highest BCUT2D eigenvalue weighted by Crippen LogP contribution is 2.15. The second-order valence-electron chi connectivity index (χ2n) is 10.1. The van der Waals surface area contributed by atoms with Crippen LogP contribution in [0, 0.1) is 17.8 Å². The van der Waals surface area contributed by atoms with Gasteiger partial charge in [0.05, 0.1) is 6.61 Å². The molecule has 0 heterocycles. The summed E-state index contributed by atoms with van der Waals surface area (Å²) in [5, 5.41) is 0. The summed E-state index contributed by atoms with van der Waals surface area (Å²) in [5.74, 6) is 8.29. The Morgan fingerprint density at radius 3 is 1.71 bits per heavy atom. The van der Waals surface area contributed by atoms with Crippen LogP contribution in [0.3, 0.4) is 0 Å². The van der Waals surface area contributed by atoms with Crippen LogP contribution in [0.5, 0.6) is 5.75 Å². The van der Waals surface area contributed by atoms with Crippen LogP contribution >= 0.6 is 0 Å². The minimum atomic E-state index is 0.776. The minimum absolute atomic E-state index is 0.776. The van der Waals surface area contributed by atoms with Crippen molar-refractivity contribution < 1.29 is 4.74 Å². The van der Waals surface area contributed by atoms with E-state index >= 15 is 0 Å². The maximum absolute atomic E-state index is 5.85. The quantitative estimate of drug-likeness (QED) is 0.169. The molecule has 0 aliphatic carbocycles. The van der Waals surface area contributed by atoms with E-state index in [-0.39, 0.29) is 0 Å². The van der Waals surface area contributed by atoms with Crippen molar-refractivity contribution in [2.75, 3.05) is 6.61 Å². The Morgan fingerprint density at radius 1 is 0.618 bits per heavy atom. The molecule has 0 unspecified atom stereocenters. The van der Waals surface area contributed by atoms with Crippen molar-refractivity contribution >= 4 is 0 Å². The first-order valence-electron chi connectivity index (χ1n) is 14.0. The number of ether oxygens (including phenoxy) is 1. The molecule has 2 aromatic carbocycles. The highest BCUT2D eigenvalue weighted by molar-refractivity contribution is 5.44. The van der Waals surface area contributed by atoms with Crippen molar-refractivity contribution in [3.63, 3.8) is 0 Å². The molecule has 0 aliphatic heterocycles. The second kappa shape index (κ2) is 18.2. The predicted molar refractivity (Wildman–Crippen MR) is 149 cm³/mol. The first-order valence-corrected chi connectivity index (χ1v) is 14.0. The van der Waals surface area contributed by atoms with Crippen molar-refractivity contribution in [3.8, 4) is 17.6 Å². The van der Waals surface area contributed by atoms with E-state index in [1.165, 1.54) is 89.0 Å². The normalized spacial score (nSPS) is 10.8. The number of hydrogen-bond acceptors (Lipinski definition) is 1. The Balaban J connectivity index is 1.61. The van der Waals surface area contributed by atoms with Crippen molar-refractivity contribution in [3.05, 3.63) is 65.2 Å². The molecule has 0 fully saturated rings. The van der Waals surface area contributed by atoms with Crippen molar-refractivity contribution in [2.24, 2.45) is 5.92 Å². The van der Waals surface area contributed by atoms with E-state index < -0.39 is 0 Å². The Labute approximate surface area is 210 Å². The van der Waals surface area contributed by atoms with E-state index in [0.29, 0.717) is 0 Å². The van der Waals surface area contributed by atoms with Gasteiger partial charge in [-0.05, 0) is 73.6 Å². The molecular formula is C33H48O. The third-order valence-corrected chi connectivity index (χ3v) is 6.42. The average molecular weight is 461 g/mol. The molecule has 0 aliphatic rings. The second-order valence-corrected chi connectivity index (χ2v) is 10.1.